The Bertz CT molecular complexity index is 417. The zero-order valence-electron chi connectivity index (χ0n) is 11.4. The molecule has 0 bridgehead atoms. The highest BCUT2D eigenvalue weighted by Crippen LogP contribution is 2.32. The first-order valence-electron chi connectivity index (χ1n) is 7.53. The van der Waals surface area contributed by atoms with Gasteiger partial charge >= 0.3 is 0 Å². The fourth-order valence-electron chi connectivity index (χ4n) is 2.86. The first-order valence-corrected chi connectivity index (χ1v) is 7.53. The van der Waals surface area contributed by atoms with Crippen LogP contribution >= 0.6 is 0 Å². The van der Waals surface area contributed by atoms with Crippen LogP contribution in [0.25, 0.3) is 0 Å². The fourth-order valence-corrected chi connectivity index (χ4v) is 2.86. The largest absolute Gasteiger partial charge is 0.385 e. The Labute approximate surface area is 115 Å². The zero-order chi connectivity index (χ0) is 13.1. The Morgan fingerprint density at radius 3 is 2.95 bits per heavy atom. The predicted octanol–water partition coefficient (Wildman–Crippen LogP) is 1.17. The van der Waals surface area contributed by atoms with Gasteiger partial charge in [0.15, 0.2) is 0 Å². The smallest absolute Gasteiger partial charge is 0.126 e. The molecule has 0 heterocycles. The highest BCUT2D eigenvalue weighted by molar-refractivity contribution is 5.31. The number of benzene rings is 1. The molecular formula is C16H24NO2+. The van der Waals surface area contributed by atoms with Crippen molar-refractivity contribution in [2.45, 2.75) is 50.4 Å². The lowest BCUT2D eigenvalue weighted by molar-refractivity contribution is -0.674. The van der Waals surface area contributed by atoms with Gasteiger partial charge in [0, 0.05) is 12.8 Å². The number of nitrogens with two attached hydrogens (primary N) is 1. The van der Waals surface area contributed by atoms with E-state index in [4.69, 9.17) is 4.74 Å². The van der Waals surface area contributed by atoms with Crippen LogP contribution in [0.4, 0.5) is 0 Å². The van der Waals surface area contributed by atoms with Gasteiger partial charge in [0.05, 0.1) is 18.8 Å². The molecule has 3 nitrogen and oxygen atoms in total. The van der Waals surface area contributed by atoms with Crippen molar-refractivity contribution in [3.8, 4) is 0 Å². The summed E-state index contributed by atoms with van der Waals surface area (Å²) in [5.41, 5.74) is 2.74. The van der Waals surface area contributed by atoms with Crippen LogP contribution in [0.3, 0.4) is 0 Å². The van der Waals surface area contributed by atoms with Gasteiger partial charge in [-0.2, -0.15) is 0 Å². The molecule has 3 heteroatoms. The van der Waals surface area contributed by atoms with E-state index in [1.165, 1.54) is 30.4 Å². The van der Waals surface area contributed by atoms with Gasteiger partial charge in [0.2, 0.25) is 0 Å². The Kier molecular flexibility index (Phi) is 4.16. The molecule has 104 valence electrons. The van der Waals surface area contributed by atoms with Gasteiger partial charge in [0.25, 0.3) is 0 Å². The number of fused-ring (bicyclic) bond motifs is 1. The van der Waals surface area contributed by atoms with E-state index in [9.17, 15) is 5.11 Å². The number of aryl methyl sites for hydroxylation is 1. The van der Waals surface area contributed by atoms with Crippen molar-refractivity contribution in [1.82, 2.24) is 0 Å². The molecule has 2 aliphatic carbocycles. The van der Waals surface area contributed by atoms with E-state index in [2.05, 4.69) is 29.6 Å². The normalized spacial score (nSPS) is 23.9. The Morgan fingerprint density at radius 2 is 2.11 bits per heavy atom. The van der Waals surface area contributed by atoms with Crippen LogP contribution in [0.5, 0.6) is 0 Å². The van der Waals surface area contributed by atoms with Gasteiger partial charge in [0.1, 0.15) is 12.6 Å². The van der Waals surface area contributed by atoms with Crippen LogP contribution in [0.1, 0.15) is 42.9 Å². The number of rotatable bonds is 6. The molecule has 1 aromatic carbocycles. The van der Waals surface area contributed by atoms with Crippen LogP contribution in [-0.2, 0) is 11.2 Å². The molecule has 0 aromatic heterocycles. The minimum atomic E-state index is -0.338. The summed E-state index contributed by atoms with van der Waals surface area (Å²) in [4.78, 5) is 0. The maximum absolute atomic E-state index is 9.95. The summed E-state index contributed by atoms with van der Waals surface area (Å²) in [7, 11) is 0. The van der Waals surface area contributed by atoms with E-state index in [0.717, 1.165) is 25.4 Å². The molecule has 3 N–H and O–H groups in total. The lowest BCUT2D eigenvalue weighted by Crippen LogP contribution is -2.88. The summed E-state index contributed by atoms with van der Waals surface area (Å²) < 4.78 is 5.95. The molecular weight excluding hydrogens is 238 g/mol. The van der Waals surface area contributed by atoms with Crippen molar-refractivity contribution in [3.63, 3.8) is 0 Å². The Balaban J connectivity index is 1.49. The second-order valence-corrected chi connectivity index (χ2v) is 5.88. The first-order chi connectivity index (χ1) is 9.33. The molecule has 0 radical (unpaired) electrons. The van der Waals surface area contributed by atoms with Crippen LogP contribution in [0.2, 0.25) is 0 Å². The molecule has 2 aliphatic rings. The van der Waals surface area contributed by atoms with Crippen molar-refractivity contribution in [1.29, 1.82) is 0 Å². The van der Waals surface area contributed by atoms with Crippen molar-refractivity contribution in [2.24, 2.45) is 0 Å². The molecule has 0 aliphatic heterocycles. The summed E-state index contributed by atoms with van der Waals surface area (Å²) in [6, 6.07) is 9.31. The number of hydrogen-bond donors (Lipinski definition) is 2. The molecule has 0 saturated heterocycles. The maximum Gasteiger partial charge on any atom is 0.126 e. The summed E-state index contributed by atoms with van der Waals surface area (Å²) in [6.45, 7) is 1.24. The van der Waals surface area contributed by atoms with Gasteiger partial charge in [-0.1, -0.05) is 24.3 Å². The standard InChI is InChI=1S/C16H23NO2/c18-14(10-17-13-8-9-13)11-19-16-7-3-5-12-4-1-2-6-15(12)16/h1-2,4,6,13-14,16-18H,3,5,7-11H2/p+1/t14-,16+/m0/s1. The molecule has 19 heavy (non-hydrogen) atoms. The lowest BCUT2D eigenvalue weighted by atomic mass is 9.89. The second-order valence-electron chi connectivity index (χ2n) is 5.88. The zero-order valence-corrected chi connectivity index (χ0v) is 11.4. The van der Waals surface area contributed by atoms with Gasteiger partial charge in [-0.05, 0) is 30.4 Å². The van der Waals surface area contributed by atoms with E-state index in [1.807, 2.05) is 0 Å². The highest BCUT2D eigenvalue weighted by Gasteiger charge is 2.26. The predicted molar refractivity (Wildman–Crippen MR) is 73.9 cm³/mol. The van der Waals surface area contributed by atoms with E-state index >= 15 is 0 Å². The Hall–Kier alpha value is -0.900. The topological polar surface area (TPSA) is 46.1 Å². The van der Waals surface area contributed by atoms with Crippen LogP contribution in [-0.4, -0.2) is 30.4 Å². The fraction of sp³-hybridized carbons (Fsp3) is 0.625. The SMILES string of the molecule is O[C@@H](C[NH2+]C1CC1)CO[C@@H]1CCCc2ccccc21. The molecule has 0 unspecified atom stereocenters. The average molecular weight is 262 g/mol. The monoisotopic (exact) mass is 262 g/mol. The molecule has 2 atom stereocenters. The van der Waals surface area contributed by atoms with Crippen LogP contribution < -0.4 is 5.32 Å². The molecule has 3 rings (SSSR count). The first kappa shape index (κ1) is 13.1. The van der Waals surface area contributed by atoms with Crippen molar-refractivity contribution in [2.75, 3.05) is 13.2 Å². The minimum Gasteiger partial charge on any atom is -0.385 e. The minimum absolute atomic E-state index is 0.181. The Morgan fingerprint density at radius 1 is 1.26 bits per heavy atom. The second kappa shape index (κ2) is 6.04. The number of ether oxygens (including phenoxy) is 1. The average Bonchev–Trinajstić information content (AvgIpc) is 3.27. The van der Waals surface area contributed by atoms with Crippen molar-refractivity contribution in [3.05, 3.63) is 35.4 Å². The molecule has 0 spiro atoms. The molecule has 0 amide bonds. The number of hydrogen-bond acceptors (Lipinski definition) is 2. The summed E-state index contributed by atoms with van der Waals surface area (Å²) in [5, 5.41) is 12.2. The molecule has 1 aromatic rings. The van der Waals surface area contributed by atoms with E-state index in [0.29, 0.717) is 6.61 Å². The highest BCUT2D eigenvalue weighted by atomic mass is 16.5. The van der Waals surface area contributed by atoms with Gasteiger partial charge in [-0.15, -0.1) is 0 Å². The van der Waals surface area contributed by atoms with Crippen molar-refractivity contribution >= 4 is 0 Å². The summed E-state index contributed by atoms with van der Waals surface area (Å²) >= 11 is 0. The summed E-state index contributed by atoms with van der Waals surface area (Å²) in [5.74, 6) is 0. The third-order valence-corrected chi connectivity index (χ3v) is 4.17. The van der Waals surface area contributed by atoms with Gasteiger partial charge < -0.3 is 15.2 Å². The quantitative estimate of drug-likeness (QED) is 0.808. The van der Waals surface area contributed by atoms with Crippen LogP contribution in [0, 0.1) is 0 Å². The molecule has 1 saturated carbocycles. The maximum atomic E-state index is 9.95. The summed E-state index contributed by atoms with van der Waals surface area (Å²) in [6.07, 6.45) is 5.89. The van der Waals surface area contributed by atoms with E-state index < -0.39 is 0 Å². The van der Waals surface area contributed by atoms with Crippen molar-refractivity contribution < 1.29 is 15.2 Å². The third kappa shape index (κ3) is 3.56. The molecule has 1 fully saturated rings. The number of aliphatic hydroxyl groups is 1. The lowest BCUT2D eigenvalue weighted by Gasteiger charge is -2.26. The number of aliphatic hydroxyl groups excluding tert-OH is 1. The number of quaternary nitrogens is 1. The third-order valence-electron chi connectivity index (χ3n) is 4.17. The van der Waals surface area contributed by atoms with E-state index in [1.54, 1.807) is 0 Å². The van der Waals surface area contributed by atoms with E-state index in [-0.39, 0.29) is 12.2 Å². The van der Waals surface area contributed by atoms with Crippen LogP contribution in [0.15, 0.2) is 24.3 Å². The van der Waals surface area contributed by atoms with Gasteiger partial charge in [-0.25, -0.2) is 0 Å². The van der Waals surface area contributed by atoms with Gasteiger partial charge in [-0.3, -0.25) is 0 Å².